The average Bonchev–Trinajstić information content (AvgIpc) is 2.91. The minimum absolute atomic E-state index is 0. The van der Waals surface area contributed by atoms with Crippen LogP contribution in [-0.4, -0.2) is 41.9 Å². The number of halogens is 1. The van der Waals surface area contributed by atoms with Crippen molar-refractivity contribution in [2.24, 2.45) is 11.8 Å². The molecule has 0 spiro atoms. The zero-order chi connectivity index (χ0) is 18.2. The van der Waals surface area contributed by atoms with Gasteiger partial charge in [-0.25, -0.2) is 0 Å². The van der Waals surface area contributed by atoms with Crippen LogP contribution in [0.25, 0.3) is 0 Å². The summed E-state index contributed by atoms with van der Waals surface area (Å²) in [6.07, 6.45) is 2.01. The van der Waals surface area contributed by atoms with E-state index in [9.17, 15) is 14.9 Å². The Morgan fingerprint density at radius 1 is 1.19 bits per heavy atom. The van der Waals surface area contributed by atoms with Gasteiger partial charge in [0.15, 0.2) is 0 Å². The van der Waals surface area contributed by atoms with Crippen molar-refractivity contribution < 1.29 is 9.72 Å². The fourth-order valence-electron chi connectivity index (χ4n) is 4.05. The van der Waals surface area contributed by atoms with Crippen molar-refractivity contribution in [3.8, 4) is 0 Å². The largest absolute Gasteiger partial charge is 0.339 e. The Labute approximate surface area is 160 Å². The molecule has 1 N–H and O–H groups in total. The number of carbonyl (C=O) groups is 1. The normalized spacial score (nSPS) is 23.0. The van der Waals surface area contributed by atoms with Gasteiger partial charge in [0.05, 0.1) is 4.92 Å². The van der Waals surface area contributed by atoms with Crippen LogP contribution in [0.5, 0.6) is 0 Å². The summed E-state index contributed by atoms with van der Waals surface area (Å²) in [6, 6.07) is 4.93. The summed E-state index contributed by atoms with van der Waals surface area (Å²) < 4.78 is 0. The number of amides is 1. The highest BCUT2D eigenvalue weighted by atomic mass is 35.5. The summed E-state index contributed by atoms with van der Waals surface area (Å²) in [7, 11) is 0. The van der Waals surface area contributed by atoms with E-state index in [1.165, 1.54) is 6.07 Å². The standard InChI is InChI=1S/C19H27N3O3.ClH/c1-19(2,3)16-5-4-13(10-17(16)22(24)25)18(23)21-8-6-14-11-20-12-15(14)7-9-21;/h4-5,10,14-15,20H,6-9,11-12H2,1-3H3;1H/t14-,15+;. The molecule has 144 valence electrons. The fourth-order valence-corrected chi connectivity index (χ4v) is 4.05. The Kier molecular flexibility index (Phi) is 6.29. The molecule has 2 fully saturated rings. The summed E-state index contributed by atoms with van der Waals surface area (Å²) in [4.78, 5) is 25.9. The lowest BCUT2D eigenvalue weighted by Gasteiger charge is -2.22. The molecule has 0 radical (unpaired) electrons. The van der Waals surface area contributed by atoms with Gasteiger partial charge in [0.1, 0.15) is 0 Å². The molecule has 0 aliphatic carbocycles. The number of nitro benzene ring substituents is 1. The molecule has 26 heavy (non-hydrogen) atoms. The Hall–Kier alpha value is -1.66. The quantitative estimate of drug-likeness (QED) is 0.629. The van der Waals surface area contributed by atoms with Crippen molar-refractivity contribution >= 4 is 24.0 Å². The molecule has 2 saturated heterocycles. The number of carbonyl (C=O) groups excluding carboxylic acids is 1. The first-order valence-corrected chi connectivity index (χ1v) is 9.06. The molecule has 2 aliphatic rings. The van der Waals surface area contributed by atoms with Crippen molar-refractivity contribution in [1.29, 1.82) is 0 Å². The Balaban J connectivity index is 0.00000243. The van der Waals surface area contributed by atoms with Crippen LogP contribution in [-0.2, 0) is 5.41 Å². The van der Waals surface area contributed by atoms with Crippen LogP contribution in [0, 0.1) is 22.0 Å². The monoisotopic (exact) mass is 381 g/mol. The van der Waals surface area contributed by atoms with Crippen LogP contribution in [0.3, 0.4) is 0 Å². The van der Waals surface area contributed by atoms with Gasteiger partial charge in [0, 0.05) is 30.3 Å². The molecule has 1 aromatic carbocycles. The number of hydrogen-bond acceptors (Lipinski definition) is 4. The maximum absolute atomic E-state index is 12.9. The number of benzene rings is 1. The van der Waals surface area contributed by atoms with Gasteiger partial charge >= 0.3 is 0 Å². The second kappa shape index (κ2) is 7.92. The van der Waals surface area contributed by atoms with Crippen molar-refractivity contribution in [2.45, 2.75) is 39.0 Å². The van der Waals surface area contributed by atoms with Crippen LogP contribution >= 0.6 is 12.4 Å². The molecule has 6 nitrogen and oxygen atoms in total. The van der Waals surface area contributed by atoms with E-state index in [4.69, 9.17) is 0 Å². The lowest BCUT2D eigenvalue weighted by atomic mass is 9.85. The van der Waals surface area contributed by atoms with Crippen LogP contribution in [0.2, 0.25) is 0 Å². The third-order valence-corrected chi connectivity index (χ3v) is 5.56. The Bertz CT molecular complexity index is 673. The highest BCUT2D eigenvalue weighted by Gasteiger charge is 2.32. The van der Waals surface area contributed by atoms with Crippen LogP contribution in [0.15, 0.2) is 18.2 Å². The van der Waals surface area contributed by atoms with Crippen LogP contribution in [0.1, 0.15) is 49.5 Å². The van der Waals surface area contributed by atoms with Crippen LogP contribution < -0.4 is 5.32 Å². The molecule has 2 heterocycles. The van der Waals surface area contributed by atoms with Crippen LogP contribution in [0.4, 0.5) is 5.69 Å². The predicted molar refractivity (Wildman–Crippen MR) is 104 cm³/mol. The maximum Gasteiger partial charge on any atom is 0.273 e. The molecule has 7 heteroatoms. The summed E-state index contributed by atoms with van der Waals surface area (Å²) in [6.45, 7) is 9.37. The van der Waals surface area contributed by atoms with Gasteiger partial charge in [-0.15, -0.1) is 12.4 Å². The van der Waals surface area contributed by atoms with E-state index >= 15 is 0 Å². The van der Waals surface area contributed by atoms with Crippen molar-refractivity contribution in [3.05, 3.63) is 39.4 Å². The summed E-state index contributed by atoms with van der Waals surface area (Å²) in [5.41, 5.74) is 0.779. The van der Waals surface area contributed by atoms with Crippen molar-refractivity contribution in [1.82, 2.24) is 10.2 Å². The van der Waals surface area contributed by atoms with E-state index in [0.717, 1.165) is 39.0 Å². The predicted octanol–water partition coefficient (Wildman–Crippen LogP) is 3.39. The first kappa shape index (κ1) is 20.6. The van der Waals surface area contributed by atoms with E-state index in [2.05, 4.69) is 5.32 Å². The van der Waals surface area contributed by atoms with Crippen molar-refractivity contribution in [2.75, 3.05) is 26.2 Å². The first-order chi connectivity index (χ1) is 11.8. The SMILES string of the molecule is CC(C)(C)c1ccc(C(=O)N2CC[C@@H]3CNC[C@@H]3CC2)cc1[N+](=O)[O-].Cl. The zero-order valence-corrected chi connectivity index (χ0v) is 16.5. The minimum Gasteiger partial charge on any atom is -0.339 e. The van der Waals surface area contributed by atoms with Gasteiger partial charge in [-0.2, -0.15) is 0 Å². The van der Waals surface area contributed by atoms with E-state index in [0.29, 0.717) is 23.0 Å². The van der Waals surface area contributed by atoms with Gasteiger partial charge in [-0.05, 0) is 49.2 Å². The Morgan fingerprint density at radius 3 is 2.27 bits per heavy atom. The zero-order valence-electron chi connectivity index (χ0n) is 15.7. The second-order valence-electron chi connectivity index (χ2n) is 8.29. The average molecular weight is 382 g/mol. The molecule has 0 unspecified atom stereocenters. The molecular weight excluding hydrogens is 354 g/mol. The molecule has 3 rings (SSSR count). The number of nitro groups is 1. The molecule has 2 atom stereocenters. The number of rotatable bonds is 2. The number of likely N-dealkylation sites (tertiary alicyclic amines) is 1. The minimum atomic E-state index is -0.379. The molecule has 0 aromatic heterocycles. The molecule has 2 aliphatic heterocycles. The van der Waals surface area contributed by atoms with E-state index < -0.39 is 0 Å². The van der Waals surface area contributed by atoms with Gasteiger partial charge < -0.3 is 10.2 Å². The van der Waals surface area contributed by atoms with Gasteiger partial charge in [0.2, 0.25) is 0 Å². The Morgan fingerprint density at radius 2 is 1.77 bits per heavy atom. The van der Waals surface area contributed by atoms with Gasteiger partial charge in [-0.1, -0.05) is 26.8 Å². The highest BCUT2D eigenvalue weighted by Crippen LogP contribution is 2.33. The molecule has 1 amide bonds. The molecule has 0 bridgehead atoms. The van der Waals surface area contributed by atoms with Crippen molar-refractivity contribution in [3.63, 3.8) is 0 Å². The van der Waals surface area contributed by atoms with E-state index in [1.807, 2.05) is 25.7 Å². The fraction of sp³-hybridized carbons (Fsp3) is 0.632. The topological polar surface area (TPSA) is 75.5 Å². The second-order valence-corrected chi connectivity index (χ2v) is 8.29. The number of fused-ring (bicyclic) bond motifs is 1. The molecule has 1 aromatic rings. The lowest BCUT2D eigenvalue weighted by Crippen LogP contribution is -2.33. The number of nitrogens with zero attached hydrogens (tertiary/aromatic N) is 2. The summed E-state index contributed by atoms with van der Waals surface area (Å²) in [5, 5.41) is 14.9. The van der Waals surface area contributed by atoms with E-state index in [-0.39, 0.29) is 34.3 Å². The maximum atomic E-state index is 12.9. The summed E-state index contributed by atoms with van der Waals surface area (Å²) in [5.74, 6) is 1.21. The first-order valence-electron chi connectivity index (χ1n) is 9.06. The highest BCUT2D eigenvalue weighted by molar-refractivity contribution is 5.95. The summed E-state index contributed by atoms with van der Waals surface area (Å²) >= 11 is 0. The third-order valence-electron chi connectivity index (χ3n) is 5.56. The molecule has 0 saturated carbocycles. The lowest BCUT2D eigenvalue weighted by molar-refractivity contribution is -0.386. The number of hydrogen-bond donors (Lipinski definition) is 1. The molecular formula is C19H28ClN3O3. The van der Waals surface area contributed by atoms with Gasteiger partial charge in [0.25, 0.3) is 11.6 Å². The van der Waals surface area contributed by atoms with E-state index in [1.54, 1.807) is 12.1 Å². The van der Waals surface area contributed by atoms with Gasteiger partial charge in [-0.3, -0.25) is 14.9 Å². The smallest absolute Gasteiger partial charge is 0.273 e. The number of nitrogens with one attached hydrogen (secondary N) is 1. The third kappa shape index (κ3) is 4.18.